The number of likely N-dealkylation sites (N-methyl/N-ethyl adjacent to an activating group) is 1. The van der Waals surface area contributed by atoms with Gasteiger partial charge in [0.05, 0.1) is 7.11 Å². The third kappa shape index (κ3) is 5.50. The van der Waals surface area contributed by atoms with Crippen molar-refractivity contribution in [2.24, 2.45) is 5.41 Å². The van der Waals surface area contributed by atoms with Gasteiger partial charge in [0.15, 0.2) is 17.3 Å². The second-order valence-electron chi connectivity index (χ2n) is 11.0. The van der Waals surface area contributed by atoms with Crippen molar-refractivity contribution in [3.05, 3.63) is 52.1 Å². The molecule has 2 heterocycles. The van der Waals surface area contributed by atoms with E-state index in [1.54, 1.807) is 24.3 Å². The second-order valence-corrected chi connectivity index (χ2v) is 11.0. The summed E-state index contributed by atoms with van der Waals surface area (Å²) in [6, 6.07) is 2.01. The number of carbonyl (C=O) groups excluding carboxylic acids is 1. The Labute approximate surface area is 210 Å². The van der Waals surface area contributed by atoms with Crippen LogP contribution in [0.3, 0.4) is 0 Å². The van der Waals surface area contributed by atoms with Crippen LogP contribution in [0.2, 0.25) is 0 Å². The Hall–Kier alpha value is -2.53. The molecule has 0 aromatic heterocycles. The molecule has 0 spiro atoms. The van der Waals surface area contributed by atoms with E-state index in [1.165, 1.54) is 30.4 Å². The number of allylic oxidation sites excluding steroid dienone is 6. The summed E-state index contributed by atoms with van der Waals surface area (Å²) in [7, 11) is 3.73. The smallest absolute Gasteiger partial charge is 0.231 e. The minimum Gasteiger partial charge on any atom is -0.492 e. The number of hydrogen-bond donors (Lipinski definition) is 0. The van der Waals surface area contributed by atoms with Gasteiger partial charge in [0.25, 0.3) is 0 Å². The molecule has 5 nitrogen and oxygen atoms in total. The molecule has 190 valence electrons. The van der Waals surface area contributed by atoms with E-state index in [4.69, 9.17) is 14.2 Å². The van der Waals surface area contributed by atoms with Crippen molar-refractivity contribution in [1.29, 1.82) is 0 Å². The van der Waals surface area contributed by atoms with Crippen LogP contribution in [0, 0.1) is 5.41 Å². The molecule has 35 heavy (non-hydrogen) atoms. The third-order valence-electron chi connectivity index (χ3n) is 8.06. The molecule has 4 rings (SSSR count). The third-order valence-corrected chi connectivity index (χ3v) is 8.06. The highest BCUT2D eigenvalue weighted by molar-refractivity contribution is 5.90. The zero-order chi connectivity index (χ0) is 25.2. The van der Waals surface area contributed by atoms with Gasteiger partial charge in [0.2, 0.25) is 12.5 Å². The monoisotopic (exact) mass is 479 g/mol. The Kier molecular flexibility index (Phi) is 7.75. The van der Waals surface area contributed by atoms with Gasteiger partial charge in [-0.2, -0.15) is 0 Å². The van der Waals surface area contributed by atoms with Crippen molar-refractivity contribution in [3.8, 4) is 17.2 Å². The lowest BCUT2D eigenvalue weighted by Crippen LogP contribution is -2.33. The normalized spacial score (nSPS) is 22.0. The number of carbonyl (C=O) groups is 1. The van der Waals surface area contributed by atoms with E-state index < -0.39 is 0 Å². The van der Waals surface area contributed by atoms with Crippen molar-refractivity contribution < 1.29 is 19.0 Å². The SMILES string of the molecule is COc1c2c(cc3c1C(CC(=O)C=CC=C(C)CCC1=C(C)CCCC1(C)C)N(C)CC3)OCO2. The molecule has 0 saturated heterocycles. The standard InChI is InChI=1S/C30H41NO4/c1-20(12-13-24-21(2)10-8-15-30(24,3)4)9-7-11-23(32)18-25-27-22(14-16-31(25)5)17-26-28(29(27)33-6)35-19-34-26/h7,9,11,17,25H,8,10,12-16,18-19H2,1-6H3. The van der Waals surface area contributed by atoms with E-state index in [0.29, 0.717) is 23.3 Å². The Balaban J connectivity index is 1.42. The Morgan fingerprint density at radius 2 is 2.09 bits per heavy atom. The van der Waals surface area contributed by atoms with Gasteiger partial charge in [-0.1, -0.05) is 42.7 Å². The summed E-state index contributed by atoms with van der Waals surface area (Å²) in [5, 5.41) is 0. The predicted octanol–water partition coefficient (Wildman–Crippen LogP) is 6.72. The molecule has 0 fully saturated rings. The van der Waals surface area contributed by atoms with Crippen LogP contribution in [0.4, 0.5) is 0 Å². The van der Waals surface area contributed by atoms with Gasteiger partial charge in [-0.25, -0.2) is 0 Å². The molecule has 1 aromatic carbocycles. The summed E-state index contributed by atoms with van der Waals surface area (Å²) in [6.07, 6.45) is 13.0. The fraction of sp³-hybridized carbons (Fsp3) is 0.567. The molecule has 0 N–H and O–H groups in total. The molecule has 0 amide bonds. The second kappa shape index (κ2) is 10.6. The van der Waals surface area contributed by atoms with Crippen molar-refractivity contribution in [2.45, 2.75) is 78.7 Å². The molecule has 2 aliphatic heterocycles. The van der Waals surface area contributed by atoms with E-state index in [0.717, 1.165) is 37.1 Å². The summed E-state index contributed by atoms with van der Waals surface area (Å²) in [5.74, 6) is 2.21. The summed E-state index contributed by atoms with van der Waals surface area (Å²) in [6.45, 7) is 10.3. The average molecular weight is 480 g/mol. The number of ketones is 1. The van der Waals surface area contributed by atoms with Gasteiger partial charge < -0.3 is 14.2 Å². The highest BCUT2D eigenvalue weighted by Crippen LogP contribution is 2.50. The van der Waals surface area contributed by atoms with Crippen molar-refractivity contribution in [1.82, 2.24) is 4.90 Å². The van der Waals surface area contributed by atoms with Gasteiger partial charge >= 0.3 is 0 Å². The predicted molar refractivity (Wildman–Crippen MR) is 140 cm³/mol. The molecule has 0 bridgehead atoms. The van der Waals surface area contributed by atoms with Gasteiger partial charge in [-0.15, -0.1) is 0 Å². The van der Waals surface area contributed by atoms with Crippen molar-refractivity contribution in [2.75, 3.05) is 27.5 Å². The van der Waals surface area contributed by atoms with Gasteiger partial charge in [-0.05, 0) is 82.5 Å². The maximum Gasteiger partial charge on any atom is 0.231 e. The number of rotatable bonds is 8. The first kappa shape index (κ1) is 25.6. The Bertz CT molecular complexity index is 1060. The first-order valence-corrected chi connectivity index (χ1v) is 13.0. The molecular formula is C30H41NO4. The average Bonchev–Trinajstić information content (AvgIpc) is 3.27. The topological polar surface area (TPSA) is 48.0 Å². The minimum absolute atomic E-state index is 0.0473. The van der Waals surface area contributed by atoms with Crippen LogP contribution in [-0.2, 0) is 11.2 Å². The van der Waals surface area contributed by atoms with E-state index in [9.17, 15) is 4.79 Å². The maximum atomic E-state index is 13.0. The maximum absolute atomic E-state index is 13.0. The van der Waals surface area contributed by atoms with E-state index in [1.807, 2.05) is 6.08 Å². The first-order chi connectivity index (χ1) is 16.7. The van der Waals surface area contributed by atoms with Crippen molar-refractivity contribution >= 4 is 5.78 Å². The van der Waals surface area contributed by atoms with Crippen LogP contribution >= 0.6 is 0 Å². The summed E-state index contributed by atoms with van der Waals surface area (Å²) >= 11 is 0. The lowest BCUT2D eigenvalue weighted by molar-refractivity contribution is -0.115. The number of benzene rings is 1. The molecule has 1 aliphatic carbocycles. The van der Waals surface area contributed by atoms with Crippen LogP contribution in [0.25, 0.3) is 0 Å². The number of nitrogens with zero attached hydrogens (tertiary/aromatic N) is 1. The highest BCUT2D eigenvalue weighted by atomic mass is 16.7. The summed E-state index contributed by atoms with van der Waals surface area (Å²) in [4.78, 5) is 15.2. The lowest BCUT2D eigenvalue weighted by atomic mass is 9.71. The number of fused-ring (bicyclic) bond motifs is 2. The summed E-state index contributed by atoms with van der Waals surface area (Å²) in [5.41, 5.74) is 7.06. The van der Waals surface area contributed by atoms with Gasteiger partial charge in [-0.3, -0.25) is 9.69 Å². The van der Waals surface area contributed by atoms with Crippen LogP contribution < -0.4 is 14.2 Å². The zero-order valence-corrected chi connectivity index (χ0v) is 22.3. The van der Waals surface area contributed by atoms with Crippen LogP contribution in [-0.4, -0.2) is 38.2 Å². The van der Waals surface area contributed by atoms with Crippen LogP contribution in [0.5, 0.6) is 17.2 Å². The molecule has 1 unspecified atom stereocenters. The zero-order valence-electron chi connectivity index (χ0n) is 22.3. The van der Waals surface area contributed by atoms with Crippen LogP contribution in [0.1, 0.15) is 83.4 Å². The lowest BCUT2D eigenvalue weighted by Gasteiger charge is -2.35. The number of methoxy groups -OCH3 is 1. The fourth-order valence-electron chi connectivity index (χ4n) is 5.99. The molecular weight excluding hydrogens is 438 g/mol. The Morgan fingerprint density at radius 1 is 1.29 bits per heavy atom. The Morgan fingerprint density at radius 3 is 2.83 bits per heavy atom. The van der Waals surface area contributed by atoms with Gasteiger partial charge in [0, 0.05) is 24.6 Å². The fourth-order valence-corrected chi connectivity index (χ4v) is 5.99. The quantitative estimate of drug-likeness (QED) is 0.235. The molecule has 0 radical (unpaired) electrons. The molecule has 1 atom stereocenters. The molecule has 1 aromatic rings. The van der Waals surface area contributed by atoms with E-state index in [-0.39, 0.29) is 18.6 Å². The number of hydrogen-bond acceptors (Lipinski definition) is 5. The molecule has 5 heteroatoms. The summed E-state index contributed by atoms with van der Waals surface area (Å²) < 4.78 is 17.0. The van der Waals surface area contributed by atoms with Crippen LogP contribution in [0.15, 0.2) is 41.0 Å². The van der Waals surface area contributed by atoms with Gasteiger partial charge in [0.1, 0.15) is 0 Å². The van der Waals surface area contributed by atoms with Crippen molar-refractivity contribution in [3.63, 3.8) is 0 Å². The largest absolute Gasteiger partial charge is 0.492 e. The van der Waals surface area contributed by atoms with E-state index >= 15 is 0 Å². The molecule has 3 aliphatic rings. The first-order valence-electron chi connectivity index (χ1n) is 13.0. The van der Waals surface area contributed by atoms with E-state index in [2.05, 4.69) is 51.8 Å². The highest BCUT2D eigenvalue weighted by Gasteiger charge is 2.34. The number of ether oxygens (including phenoxy) is 3. The minimum atomic E-state index is -0.0473. The molecule has 0 saturated carbocycles.